The maximum atomic E-state index is 13.2. The molecule has 1 aliphatic rings. The van der Waals surface area contributed by atoms with Crippen LogP contribution in [-0.2, 0) is 19.4 Å². The van der Waals surface area contributed by atoms with E-state index >= 15 is 0 Å². The molecular weight excluding hydrogens is 378 g/mol. The van der Waals surface area contributed by atoms with Crippen molar-refractivity contribution in [1.82, 2.24) is 24.6 Å². The molecule has 1 aliphatic carbocycles. The molecule has 30 heavy (non-hydrogen) atoms. The lowest BCUT2D eigenvalue weighted by Gasteiger charge is -2.14. The van der Waals surface area contributed by atoms with Gasteiger partial charge >= 0.3 is 0 Å². The molecule has 1 aromatic carbocycles. The second kappa shape index (κ2) is 8.26. The van der Waals surface area contributed by atoms with Crippen molar-refractivity contribution in [3.8, 4) is 5.69 Å². The fourth-order valence-corrected chi connectivity index (χ4v) is 4.21. The van der Waals surface area contributed by atoms with Crippen LogP contribution in [0.4, 0.5) is 0 Å². The Balaban J connectivity index is 1.51. The average molecular weight is 406 g/mol. The topological polar surface area (TPSA) is 81.8 Å². The number of rotatable bonds is 6. The molecule has 0 radical (unpaired) electrons. The first kappa shape index (κ1) is 20.1. The largest absolute Gasteiger partial charge is 0.352 e. The zero-order chi connectivity index (χ0) is 21.3. The minimum absolute atomic E-state index is 0.209. The number of hydrogen-bond acceptors (Lipinski definition) is 4. The number of carbonyl (C=O) groups is 1. The first-order valence-corrected chi connectivity index (χ1v) is 10.5. The monoisotopic (exact) mass is 405 g/mol. The molecule has 0 unspecified atom stereocenters. The quantitative estimate of drug-likeness (QED) is 0.639. The van der Waals surface area contributed by atoms with E-state index in [9.17, 15) is 9.59 Å². The fourth-order valence-electron chi connectivity index (χ4n) is 4.21. The summed E-state index contributed by atoms with van der Waals surface area (Å²) in [6.07, 6.45) is 5.60. The number of aromatic nitrogens is 4. The average Bonchev–Trinajstić information content (AvgIpc) is 3.31. The lowest BCUT2D eigenvalue weighted by molar-refractivity contribution is 0.0950. The summed E-state index contributed by atoms with van der Waals surface area (Å²) >= 11 is 0. The van der Waals surface area contributed by atoms with Crippen LogP contribution in [-0.4, -0.2) is 31.8 Å². The molecule has 156 valence electrons. The van der Waals surface area contributed by atoms with Crippen LogP contribution in [0, 0.1) is 20.8 Å². The number of amides is 1. The second-order valence-corrected chi connectivity index (χ2v) is 7.86. The molecule has 7 nitrogen and oxygen atoms in total. The van der Waals surface area contributed by atoms with Crippen molar-refractivity contribution in [2.75, 3.05) is 6.54 Å². The molecule has 2 aromatic heterocycles. The fraction of sp³-hybridized carbons (Fsp3) is 0.391. The van der Waals surface area contributed by atoms with E-state index in [1.54, 1.807) is 17.7 Å². The number of fused-ring (bicyclic) bond motifs is 1. The van der Waals surface area contributed by atoms with Gasteiger partial charge in [0.2, 0.25) is 0 Å². The van der Waals surface area contributed by atoms with Gasteiger partial charge in [-0.3, -0.25) is 18.8 Å². The minimum atomic E-state index is -0.328. The van der Waals surface area contributed by atoms with Crippen LogP contribution in [0.2, 0.25) is 0 Å². The van der Waals surface area contributed by atoms with Crippen molar-refractivity contribution in [3.05, 3.63) is 74.7 Å². The molecule has 7 heteroatoms. The number of hydrogen-bond donors (Lipinski definition) is 1. The SMILES string of the molecule is Cc1nc(C)n(CCCNC(=O)c2c(C)ccn(-c3cccc4c3CCC4)c2=O)n1. The highest BCUT2D eigenvalue weighted by Crippen LogP contribution is 2.27. The van der Waals surface area contributed by atoms with Gasteiger partial charge in [0, 0.05) is 19.3 Å². The van der Waals surface area contributed by atoms with Gasteiger partial charge in [-0.25, -0.2) is 4.98 Å². The number of nitrogens with one attached hydrogen (secondary N) is 1. The van der Waals surface area contributed by atoms with Crippen LogP contribution in [0.15, 0.2) is 35.3 Å². The third-order valence-corrected chi connectivity index (χ3v) is 5.70. The third kappa shape index (κ3) is 3.79. The van der Waals surface area contributed by atoms with E-state index in [1.165, 1.54) is 11.1 Å². The smallest absolute Gasteiger partial charge is 0.268 e. The second-order valence-electron chi connectivity index (χ2n) is 7.86. The summed E-state index contributed by atoms with van der Waals surface area (Å²) in [4.78, 5) is 30.3. The predicted molar refractivity (Wildman–Crippen MR) is 115 cm³/mol. The number of pyridine rings is 1. The Morgan fingerprint density at radius 2 is 2.00 bits per heavy atom. The Labute approximate surface area is 175 Å². The Hall–Kier alpha value is -3.22. The van der Waals surface area contributed by atoms with Gasteiger partial charge in [0.1, 0.15) is 17.2 Å². The molecule has 1 N–H and O–H groups in total. The highest BCUT2D eigenvalue weighted by Gasteiger charge is 2.20. The van der Waals surface area contributed by atoms with Crippen LogP contribution < -0.4 is 10.9 Å². The van der Waals surface area contributed by atoms with Crippen molar-refractivity contribution in [1.29, 1.82) is 0 Å². The molecule has 0 saturated heterocycles. The van der Waals surface area contributed by atoms with Crippen molar-refractivity contribution in [3.63, 3.8) is 0 Å². The van der Waals surface area contributed by atoms with E-state index < -0.39 is 0 Å². The van der Waals surface area contributed by atoms with Gasteiger partial charge in [-0.2, -0.15) is 5.10 Å². The van der Waals surface area contributed by atoms with Crippen LogP contribution in [0.25, 0.3) is 5.69 Å². The van der Waals surface area contributed by atoms with Crippen LogP contribution in [0.3, 0.4) is 0 Å². The Morgan fingerprint density at radius 1 is 1.17 bits per heavy atom. The number of benzene rings is 1. The van der Waals surface area contributed by atoms with Gasteiger partial charge in [0.25, 0.3) is 11.5 Å². The highest BCUT2D eigenvalue weighted by atomic mass is 16.2. The number of aryl methyl sites for hydroxylation is 5. The Morgan fingerprint density at radius 3 is 2.77 bits per heavy atom. The summed E-state index contributed by atoms with van der Waals surface area (Å²) in [6, 6.07) is 7.91. The molecule has 3 aromatic rings. The number of carbonyl (C=O) groups excluding carboxylic acids is 1. The van der Waals surface area contributed by atoms with Gasteiger partial charge in [-0.15, -0.1) is 0 Å². The van der Waals surface area contributed by atoms with Crippen molar-refractivity contribution in [2.24, 2.45) is 0 Å². The first-order chi connectivity index (χ1) is 14.5. The Bertz CT molecular complexity index is 1160. The van der Waals surface area contributed by atoms with Gasteiger partial charge < -0.3 is 5.32 Å². The van der Waals surface area contributed by atoms with E-state index in [0.717, 1.165) is 36.6 Å². The van der Waals surface area contributed by atoms with E-state index in [2.05, 4.69) is 21.5 Å². The summed E-state index contributed by atoms with van der Waals surface area (Å²) in [6.45, 7) is 6.70. The van der Waals surface area contributed by atoms with E-state index in [1.807, 2.05) is 36.7 Å². The predicted octanol–water partition coefficient (Wildman–Crippen LogP) is 2.66. The van der Waals surface area contributed by atoms with E-state index in [4.69, 9.17) is 0 Å². The number of nitrogens with zero attached hydrogens (tertiary/aromatic N) is 4. The summed E-state index contributed by atoms with van der Waals surface area (Å²) in [7, 11) is 0. The summed E-state index contributed by atoms with van der Waals surface area (Å²) in [5, 5.41) is 7.22. The van der Waals surface area contributed by atoms with Crippen LogP contribution in [0.1, 0.15) is 51.5 Å². The highest BCUT2D eigenvalue weighted by molar-refractivity contribution is 5.95. The molecule has 0 spiro atoms. The molecule has 0 aliphatic heterocycles. The van der Waals surface area contributed by atoms with Gasteiger partial charge in [0.15, 0.2) is 0 Å². The van der Waals surface area contributed by atoms with Gasteiger partial charge in [-0.1, -0.05) is 12.1 Å². The lowest BCUT2D eigenvalue weighted by atomic mass is 10.1. The van der Waals surface area contributed by atoms with Crippen LogP contribution in [0.5, 0.6) is 0 Å². The Kier molecular flexibility index (Phi) is 5.53. The molecule has 0 saturated carbocycles. The summed E-state index contributed by atoms with van der Waals surface area (Å²) in [5.41, 5.74) is 4.03. The molecular formula is C23H27N5O2. The maximum Gasteiger partial charge on any atom is 0.268 e. The van der Waals surface area contributed by atoms with E-state index in [-0.39, 0.29) is 17.0 Å². The van der Waals surface area contributed by atoms with Crippen LogP contribution >= 0.6 is 0 Å². The molecule has 0 bridgehead atoms. The van der Waals surface area contributed by atoms with Crippen molar-refractivity contribution >= 4 is 5.91 Å². The third-order valence-electron chi connectivity index (χ3n) is 5.70. The van der Waals surface area contributed by atoms with Gasteiger partial charge in [-0.05, 0) is 75.3 Å². The molecule has 0 atom stereocenters. The normalized spacial score (nSPS) is 12.8. The maximum absolute atomic E-state index is 13.2. The standard InChI is InChI=1S/C23H27N5O2/c1-15-11-14-27(20-10-5-8-18-7-4-9-19(18)20)23(30)21(15)22(29)24-12-6-13-28-17(3)25-16(2)26-28/h5,8,10-11,14H,4,6-7,9,12-13H2,1-3H3,(H,24,29). The van der Waals surface area contributed by atoms with Crippen molar-refractivity contribution in [2.45, 2.75) is 53.0 Å². The minimum Gasteiger partial charge on any atom is -0.352 e. The van der Waals surface area contributed by atoms with Crippen molar-refractivity contribution < 1.29 is 4.79 Å². The summed E-state index contributed by atoms with van der Waals surface area (Å²) < 4.78 is 3.45. The molecule has 4 rings (SSSR count). The summed E-state index contributed by atoms with van der Waals surface area (Å²) in [5.74, 6) is 1.27. The zero-order valence-electron chi connectivity index (χ0n) is 17.7. The first-order valence-electron chi connectivity index (χ1n) is 10.5. The molecule has 1 amide bonds. The van der Waals surface area contributed by atoms with E-state index in [0.29, 0.717) is 25.1 Å². The molecule has 0 fully saturated rings. The lowest BCUT2D eigenvalue weighted by Crippen LogP contribution is -2.34. The van der Waals surface area contributed by atoms with Gasteiger partial charge in [0.05, 0.1) is 5.69 Å². The zero-order valence-corrected chi connectivity index (χ0v) is 17.7. The molecule has 2 heterocycles.